The van der Waals surface area contributed by atoms with Gasteiger partial charge in [0.05, 0.1) is 19.3 Å². The highest BCUT2D eigenvalue weighted by molar-refractivity contribution is 5.46. The third kappa shape index (κ3) is 4.21. The Morgan fingerprint density at radius 1 is 1.60 bits per heavy atom. The molecule has 0 spiro atoms. The van der Waals surface area contributed by atoms with Gasteiger partial charge in [-0.1, -0.05) is 0 Å². The first-order valence-electron chi connectivity index (χ1n) is 4.55. The van der Waals surface area contributed by atoms with E-state index in [4.69, 9.17) is 10.7 Å². The fourth-order valence-corrected chi connectivity index (χ4v) is 1.14. The Kier molecular flexibility index (Phi) is 5.69. The number of hydrogen-bond donors (Lipinski definition) is 0. The second kappa shape index (κ2) is 6.52. The zero-order valence-corrected chi connectivity index (χ0v) is 9.47. The molecule has 1 heterocycles. The van der Waals surface area contributed by atoms with Crippen LogP contribution in [0.15, 0.2) is 17.4 Å². The molecule has 1 aromatic rings. The lowest BCUT2D eigenvalue weighted by molar-refractivity contribution is -0.677. The van der Waals surface area contributed by atoms with Crippen LogP contribution < -0.4 is 4.57 Å². The van der Waals surface area contributed by atoms with Gasteiger partial charge in [0.2, 0.25) is 0 Å². The van der Waals surface area contributed by atoms with Crippen molar-refractivity contribution in [1.29, 1.82) is 5.26 Å². The summed E-state index contributed by atoms with van der Waals surface area (Å²) in [5.41, 5.74) is 0. The van der Waals surface area contributed by atoms with Crippen LogP contribution in [0.5, 0.6) is 0 Å². The minimum Gasteiger partial charge on any atom is -0.422 e. The first-order valence-corrected chi connectivity index (χ1v) is 4.55. The third-order valence-corrected chi connectivity index (χ3v) is 1.99. The normalized spacial score (nSPS) is 8.53. The highest BCUT2D eigenvalue weighted by Gasteiger charge is 2.10. The maximum Gasteiger partial charge on any atom is 0.253 e. The first-order chi connectivity index (χ1) is 7.04. The molecule has 0 bridgehead atoms. The third-order valence-electron chi connectivity index (χ3n) is 1.99. The number of nitriles is 1. The molecular weight excluding hydrogens is 190 g/mol. The average molecular weight is 205 g/mol. The van der Waals surface area contributed by atoms with Crippen molar-refractivity contribution in [3.63, 3.8) is 0 Å². The first kappa shape index (κ1) is 13.1. The van der Waals surface area contributed by atoms with Gasteiger partial charge in [-0.3, -0.25) is 0 Å². The lowest BCUT2D eigenvalue weighted by atomic mass is 10.4. The van der Waals surface area contributed by atoms with E-state index in [9.17, 15) is 0 Å². The molecule has 15 heavy (non-hydrogen) atoms. The zero-order chi connectivity index (χ0) is 11.8. The van der Waals surface area contributed by atoms with Gasteiger partial charge in [0.25, 0.3) is 5.82 Å². The second-order valence-corrected chi connectivity index (χ2v) is 3.27. The maximum atomic E-state index is 7.43. The molecule has 0 amide bonds. The lowest BCUT2D eigenvalue weighted by Gasteiger charge is -2.00. The summed E-state index contributed by atoms with van der Waals surface area (Å²) < 4.78 is 4.38. The van der Waals surface area contributed by atoms with Crippen molar-refractivity contribution in [1.82, 2.24) is 4.57 Å². The summed E-state index contributed by atoms with van der Waals surface area (Å²) in [6.45, 7) is 6.50. The van der Waals surface area contributed by atoms with Crippen molar-refractivity contribution in [2.24, 2.45) is 12.0 Å². The highest BCUT2D eigenvalue weighted by Crippen LogP contribution is 2.04. The standard InChI is InChI=1S/C8H15N2.C2N3/c1-7(2)10-6-5-9(4)8(10)3;3-1-5-2-4/h5-7H,1-4H3;/q+1;-1. The highest BCUT2D eigenvalue weighted by atomic mass is 15.1. The predicted octanol–water partition coefficient (Wildman–Crippen LogP) is 1.41. The van der Waals surface area contributed by atoms with E-state index in [1.54, 1.807) is 0 Å². The number of imidazole rings is 1. The van der Waals surface area contributed by atoms with Crippen molar-refractivity contribution in [2.45, 2.75) is 26.8 Å². The fraction of sp³-hybridized carbons (Fsp3) is 0.500. The minimum absolute atomic E-state index is 0.571. The molecule has 0 aromatic carbocycles. The minimum atomic E-state index is 0.571. The van der Waals surface area contributed by atoms with Crippen molar-refractivity contribution >= 4 is 6.01 Å². The molecule has 0 unspecified atom stereocenters. The van der Waals surface area contributed by atoms with Gasteiger partial charge in [-0.25, -0.2) is 9.13 Å². The summed E-state index contributed by atoms with van der Waals surface area (Å²) in [4.78, 5) is 2.58. The number of nitrogens with zero attached hydrogens (tertiary/aromatic N) is 5. The molecule has 1 rings (SSSR count). The molecule has 0 aliphatic heterocycles. The van der Waals surface area contributed by atoms with Gasteiger partial charge in [0.15, 0.2) is 0 Å². The molecule has 5 nitrogen and oxygen atoms in total. The number of rotatable bonds is 1. The van der Waals surface area contributed by atoms with Crippen LogP contribution in [0.2, 0.25) is 0 Å². The van der Waals surface area contributed by atoms with Gasteiger partial charge in [-0.05, 0) is 13.8 Å². The molecule has 5 heteroatoms. The Balaban J connectivity index is 0.000000336. The van der Waals surface area contributed by atoms with E-state index in [0.29, 0.717) is 6.04 Å². The van der Waals surface area contributed by atoms with E-state index in [2.05, 4.69) is 54.3 Å². The molecule has 0 radical (unpaired) electrons. The summed E-state index contributed by atoms with van der Waals surface area (Å²) in [5, 5.41) is 14.9. The van der Waals surface area contributed by atoms with Gasteiger partial charge in [-0.15, -0.1) is 6.01 Å². The van der Waals surface area contributed by atoms with Crippen LogP contribution in [0, 0.1) is 18.4 Å². The molecule has 0 aliphatic rings. The Morgan fingerprint density at radius 3 is 2.33 bits per heavy atom. The summed E-state index contributed by atoms with van der Waals surface area (Å²) in [6, 6.07) is 1.85. The largest absolute Gasteiger partial charge is 0.422 e. The van der Waals surface area contributed by atoms with Crippen LogP contribution in [0.25, 0.3) is 5.41 Å². The number of aryl methyl sites for hydroxylation is 1. The van der Waals surface area contributed by atoms with Crippen LogP contribution in [0.4, 0.5) is 0 Å². The van der Waals surface area contributed by atoms with Crippen LogP contribution >= 0.6 is 0 Å². The van der Waals surface area contributed by atoms with Crippen LogP contribution in [-0.2, 0) is 7.05 Å². The number of aromatic nitrogens is 2. The molecule has 0 saturated carbocycles. The van der Waals surface area contributed by atoms with Gasteiger partial charge in [0.1, 0.15) is 12.4 Å². The van der Waals surface area contributed by atoms with Gasteiger partial charge < -0.3 is 10.4 Å². The van der Waals surface area contributed by atoms with E-state index in [-0.39, 0.29) is 0 Å². The molecule has 1 aromatic heterocycles. The van der Waals surface area contributed by atoms with E-state index in [1.807, 2.05) is 0 Å². The predicted molar refractivity (Wildman–Crippen MR) is 57.1 cm³/mol. The van der Waals surface area contributed by atoms with Crippen LogP contribution in [0.3, 0.4) is 0 Å². The molecule has 0 aliphatic carbocycles. The molecule has 0 saturated heterocycles. The van der Waals surface area contributed by atoms with Gasteiger partial charge >= 0.3 is 0 Å². The van der Waals surface area contributed by atoms with Crippen molar-refractivity contribution in [3.8, 4) is 6.19 Å². The fourth-order valence-electron chi connectivity index (χ4n) is 1.14. The Morgan fingerprint density at radius 2 is 2.20 bits per heavy atom. The monoisotopic (exact) mass is 205 g/mol. The quantitative estimate of drug-likeness (QED) is 0.388. The topological polar surface area (TPSA) is 67.3 Å². The Labute approximate surface area is 89.8 Å². The summed E-state index contributed by atoms with van der Waals surface area (Å²) in [6.07, 6.45) is 5.47. The lowest BCUT2D eigenvalue weighted by Crippen LogP contribution is -2.29. The molecular formula is C10H15N5. The van der Waals surface area contributed by atoms with Crippen molar-refractivity contribution in [2.75, 3.05) is 0 Å². The number of aliphatic imine (C=N–C) groups is 1. The maximum absolute atomic E-state index is 7.43. The Bertz CT molecular complexity index is 390. The molecule has 0 fully saturated rings. The molecule has 0 atom stereocenters. The zero-order valence-electron chi connectivity index (χ0n) is 9.47. The summed E-state index contributed by atoms with van der Waals surface area (Å²) in [5.74, 6) is 1.30. The molecule has 80 valence electrons. The van der Waals surface area contributed by atoms with Crippen molar-refractivity contribution in [3.05, 3.63) is 23.6 Å². The van der Waals surface area contributed by atoms with E-state index < -0.39 is 0 Å². The van der Waals surface area contributed by atoms with Gasteiger partial charge in [-0.2, -0.15) is 5.26 Å². The second-order valence-electron chi connectivity index (χ2n) is 3.27. The summed E-state index contributed by atoms with van der Waals surface area (Å²) in [7, 11) is 2.06. The summed E-state index contributed by atoms with van der Waals surface area (Å²) >= 11 is 0. The van der Waals surface area contributed by atoms with Crippen molar-refractivity contribution < 1.29 is 4.57 Å². The average Bonchev–Trinajstić information content (AvgIpc) is 2.50. The van der Waals surface area contributed by atoms with Gasteiger partial charge in [0, 0.05) is 6.92 Å². The number of hydrogen-bond acceptors (Lipinski definition) is 2. The van der Waals surface area contributed by atoms with Crippen LogP contribution in [0.1, 0.15) is 25.7 Å². The van der Waals surface area contributed by atoms with E-state index >= 15 is 0 Å². The SMILES string of the molecule is Cc1n(C(C)C)cc[n+]1C.N#CN=C=[N-]. The van der Waals surface area contributed by atoms with E-state index in [1.165, 1.54) is 18.0 Å². The smallest absolute Gasteiger partial charge is 0.253 e. The molecule has 0 N–H and O–H groups in total. The Hall–Kier alpha value is -1.92. The van der Waals surface area contributed by atoms with E-state index in [0.717, 1.165) is 0 Å². The van der Waals surface area contributed by atoms with Crippen LogP contribution in [-0.4, -0.2) is 10.6 Å².